The smallest absolute Gasteiger partial charge is 0.230 e. The summed E-state index contributed by atoms with van der Waals surface area (Å²) in [7, 11) is 0. The first-order chi connectivity index (χ1) is 14.7. The zero-order valence-corrected chi connectivity index (χ0v) is 17.7. The van der Waals surface area contributed by atoms with Crippen LogP contribution in [-0.2, 0) is 16.1 Å². The number of rotatable bonds is 8. The Morgan fingerprint density at radius 3 is 2.63 bits per heavy atom. The minimum absolute atomic E-state index is 0.0171. The molecule has 2 fully saturated rings. The SMILES string of the molecule is O=C(CSc1ccc(N2CCC[C@@H](C(=O)NC3CC3)C2)nn1)NCc1ccccc1. The van der Waals surface area contributed by atoms with Crippen LogP contribution in [0.1, 0.15) is 31.2 Å². The van der Waals surface area contributed by atoms with Crippen LogP contribution in [0.25, 0.3) is 0 Å². The van der Waals surface area contributed by atoms with Crippen LogP contribution in [-0.4, -0.2) is 46.9 Å². The second-order valence-corrected chi connectivity index (χ2v) is 8.84. The van der Waals surface area contributed by atoms with E-state index in [0.717, 1.165) is 43.6 Å². The highest BCUT2D eigenvalue weighted by atomic mass is 32.2. The molecule has 2 aliphatic rings. The van der Waals surface area contributed by atoms with E-state index in [1.807, 2.05) is 42.5 Å². The summed E-state index contributed by atoms with van der Waals surface area (Å²) in [6.45, 7) is 2.09. The molecule has 1 saturated heterocycles. The van der Waals surface area contributed by atoms with E-state index in [1.54, 1.807) is 0 Å². The van der Waals surface area contributed by atoms with E-state index in [0.29, 0.717) is 29.9 Å². The van der Waals surface area contributed by atoms with Crippen LogP contribution < -0.4 is 15.5 Å². The lowest BCUT2D eigenvalue weighted by atomic mass is 9.97. The fourth-order valence-corrected chi connectivity index (χ4v) is 4.14. The fraction of sp³-hybridized carbons (Fsp3) is 0.455. The number of nitrogens with zero attached hydrogens (tertiary/aromatic N) is 3. The zero-order chi connectivity index (χ0) is 20.8. The van der Waals surface area contributed by atoms with Crippen LogP contribution in [0.4, 0.5) is 5.82 Å². The Labute approximate surface area is 181 Å². The Hall–Kier alpha value is -2.61. The van der Waals surface area contributed by atoms with Gasteiger partial charge in [-0.2, -0.15) is 0 Å². The third kappa shape index (κ3) is 5.95. The summed E-state index contributed by atoms with van der Waals surface area (Å²) >= 11 is 1.37. The van der Waals surface area contributed by atoms with E-state index in [9.17, 15) is 9.59 Å². The lowest BCUT2D eigenvalue weighted by molar-refractivity contribution is -0.125. The highest BCUT2D eigenvalue weighted by Gasteiger charge is 2.30. The first kappa shape index (κ1) is 20.7. The minimum Gasteiger partial charge on any atom is -0.354 e. The number of benzene rings is 1. The molecule has 2 heterocycles. The Bertz CT molecular complexity index is 858. The van der Waals surface area contributed by atoms with Gasteiger partial charge in [0.2, 0.25) is 11.8 Å². The molecule has 8 heteroatoms. The average Bonchev–Trinajstić information content (AvgIpc) is 3.61. The average molecular weight is 426 g/mol. The van der Waals surface area contributed by atoms with Gasteiger partial charge in [0.25, 0.3) is 0 Å². The first-order valence-electron chi connectivity index (χ1n) is 10.5. The summed E-state index contributed by atoms with van der Waals surface area (Å²) < 4.78 is 0. The van der Waals surface area contributed by atoms with Crippen molar-refractivity contribution in [1.29, 1.82) is 0 Å². The summed E-state index contributed by atoms with van der Waals surface area (Å²) in [5.74, 6) is 1.24. The van der Waals surface area contributed by atoms with Gasteiger partial charge in [0, 0.05) is 25.7 Å². The van der Waals surface area contributed by atoms with Gasteiger partial charge in [0.1, 0.15) is 5.03 Å². The molecule has 2 amide bonds. The van der Waals surface area contributed by atoms with E-state index in [4.69, 9.17) is 0 Å². The molecular formula is C22H27N5O2S. The third-order valence-electron chi connectivity index (χ3n) is 5.35. The van der Waals surface area contributed by atoms with Crippen molar-refractivity contribution in [2.75, 3.05) is 23.7 Å². The van der Waals surface area contributed by atoms with Crippen molar-refractivity contribution < 1.29 is 9.59 Å². The summed E-state index contributed by atoms with van der Waals surface area (Å²) in [6.07, 6.45) is 4.12. The Morgan fingerprint density at radius 2 is 1.90 bits per heavy atom. The van der Waals surface area contributed by atoms with Gasteiger partial charge >= 0.3 is 0 Å². The largest absolute Gasteiger partial charge is 0.354 e. The summed E-state index contributed by atoms with van der Waals surface area (Å²) in [4.78, 5) is 26.5. The van der Waals surface area contributed by atoms with E-state index in [2.05, 4.69) is 25.7 Å². The predicted octanol–water partition coefficient (Wildman–Crippen LogP) is 2.38. The molecule has 4 rings (SSSR count). The Kier molecular flexibility index (Phi) is 6.84. The number of carbonyl (C=O) groups excluding carboxylic acids is 2. The number of nitrogens with one attached hydrogen (secondary N) is 2. The van der Waals surface area contributed by atoms with Crippen molar-refractivity contribution in [3.8, 4) is 0 Å². The van der Waals surface area contributed by atoms with Gasteiger partial charge < -0.3 is 15.5 Å². The van der Waals surface area contributed by atoms with Gasteiger partial charge in [0.15, 0.2) is 5.82 Å². The first-order valence-corrected chi connectivity index (χ1v) is 11.5. The number of piperidine rings is 1. The lowest BCUT2D eigenvalue weighted by Crippen LogP contribution is -2.44. The van der Waals surface area contributed by atoms with Crippen LogP contribution >= 0.6 is 11.8 Å². The van der Waals surface area contributed by atoms with Crippen LogP contribution in [0.2, 0.25) is 0 Å². The highest BCUT2D eigenvalue weighted by Crippen LogP contribution is 2.25. The molecule has 30 heavy (non-hydrogen) atoms. The standard InChI is InChI=1S/C22H27N5O2S/c28-20(23-13-16-5-2-1-3-6-16)15-30-21-11-10-19(25-26-21)27-12-4-7-17(14-27)22(29)24-18-8-9-18/h1-3,5-6,10-11,17-18H,4,7-9,12-15H2,(H,23,28)(H,24,29)/t17-/m1/s1. The number of thioether (sulfide) groups is 1. The molecule has 2 aromatic rings. The van der Waals surface area contributed by atoms with Crippen LogP contribution in [0.3, 0.4) is 0 Å². The van der Waals surface area contributed by atoms with E-state index in [-0.39, 0.29) is 17.7 Å². The summed E-state index contributed by atoms with van der Waals surface area (Å²) in [5, 5.41) is 15.3. The second kappa shape index (κ2) is 9.93. The monoisotopic (exact) mass is 425 g/mol. The van der Waals surface area contributed by atoms with Gasteiger partial charge in [-0.25, -0.2) is 0 Å². The maximum absolute atomic E-state index is 12.4. The lowest BCUT2D eigenvalue weighted by Gasteiger charge is -2.32. The van der Waals surface area contributed by atoms with Crippen molar-refractivity contribution in [1.82, 2.24) is 20.8 Å². The van der Waals surface area contributed by atoms with Crippen LogP contribution in [0.15, 0.2) is 47.5 Å². The van der Waals surface area contributed by atoms with Gasteiger partial charge in [-0.05, 0) is 43.4 Å². The molecule has 0 bridgehead atoms. The molecule has 2 N–H and O–H groups in total. The topological polar surface area (TPSA) is 87.2 Å². The van der Waals surface area contributed by atoms with E-state index >= 15 is 0 Å². The molecule has 1 aromatic heterocycles. The summed E-state index contributed by atoms with van der Waals surface area (Å²) in [6, 6.07) is 14.1. The molecule has 0 spiro atoms. The predicted molar refractivity (Wildman–Crippen MR) is 117 cm³/mol. The number of anilines is 1. The number of amides is 2. The van der Waals surface area contributed by atoms with Crippen molar-refractivity contribution in [2.24, 2.45) is 5.92 Å². The maximum Gasteiger partial charge on any atom is 0.230 e. The van der Waals surface area contributed by atoms with Crippen molar-refractivity contribution in [2.45, 2.75) is 43.3 Å². The Balaban J connectivity index is 1.23. The molecule has 1 aromatic carbocycles. The number of hydrogen-bond donors (Lipinski definition) is 2. The zero-order valence-electron chi connectivity index (χ0n) is 16.9. The van der Waals surface area contributed by atoms with Crippen molar-refractivity contribution >= 4 is 29.4 Å². The van der Waals surface area contributed by atoms with Crippen molar-refractivity contribution in [3.63, 3.8) is 0 Å². The van der Waals surface area contributed by atoms with Gasteiger partial charge in [-0.1, -0.05) is 42.1 Å². The fourth-order valence-electron chi connectivity index (χ4n) is 3.49. The van der Waals surface area contributed by atoms with Gasteiger partial charge in [-0.3, -0.25) is 9.59 Å². The molecule has 158 valence electrons. The normalized spacial score (nSPS) is 18.7. The molecule has 1 saturated carbocycles. The molecule has 1 aliphatic heterocycles. The van der Waals surface area contributed by atoms with Crippen molar-refractivity contribution in [3.05, 3.63) is 48.0 Å². The van der Waals surface area contributed by atoms with Gasteiger partial charge in [-0.15, -0.1) is 10.2 Å². The van der Waals surface area contributed by atoms with E-state index in [1.165, 1.54) is 11.8 Å². The number of hydrogen-bond acceptors (Lipinski definition) is 6. The third-order valence-corrected chi connectivity index (χ3v) is 6.27. The molecular weight excluding hydrogens is 398 g/mol. The molecule has 0 radical (unpaired) electrons. The molecule has 1 aliphatic carbocycles. The van der Waals surface area contributed by atoms with Crippen LogP contribution in [0, 0.1) is 5.92 Å². The van der Waals surface area contributed by atoms with Gasteiger partial charge in [0.05, 0.1) is 11.7 Å². The maximum atomic E-state index is 12.4. The highest BCUT2D eigenvalue weighted by molar-refractivity contribution is 7.99. The minimum atomic E-state index is -0.0322. The quantitative estimate of drug-likeness (QED) is 0.632. The number of aromatic nitrogens is 2. The molecule has 1 atom stereocenters. The van der Waals surface area contributed by atoms with Crippen LogP contribution in [0.5, 0.6) is 0 Å². The second-order valence-electron chi connectivity index (χ2n) is 7.85. The molecule has 0 unspecified atom stereocenters. The molecule has 7 nitrogen and oxygen atoms in total. The number of carbonyl (C=O) groups is 2. The van der Waals surface area contributed by atoms with E-state index < -0.39 is 0 Å². The summed E-state index contributed by atoms with van der Waals surface area (Å²) in [5.41, 5.74) is 1.07. The Morgan fingerprint density at radius 1 is 1.07 bits per heavy atom.